The molecule has 12 heavy (non-hydrogen) atoms. The van der Waals surface area contributed by atoms with E-state index in [1.165, 1.54) is 18.6 Å². The summed E-state index contributed by atoms with van der Waals surface area (Å²) in [6, 6.07) is 0. The number of hydrogen-bond acceptors (Lipinski definition) is 4. The smallest absolute Gasteiger partial charge is 0.356 e. The lowest BCUT2D eigenvalue weighted by atomic mass is 10.5. The van der Waals surface area contributed by atoms with Crippen molar-refractivity contribution in [2.75, 3.05) is 0 Å². The van der Waals surface area contributed by atoms with Crippen LogP contribution in [0.1, 0.15) is 10.5 Å². The van der Waals surface area contributed by atoms with Crippen LogP contribution in [0, 0.1) is 0 Å². The largest absolute Gasteiger partial charge is 0.476 e. The van der Waals surface area contributed by atoms with Gasteiger partial charge in [-0.15, -0.1) is 0 Å². The summed E-state index contributed by atoms with van der Waals surface area (Å²) < 4.78 is 0. The first-order valence-electron chi connectivity index (χ1n) is 2.87. The van der Waals surface area contributed by atoms with Gasteiger partial charge in [0.1, 0.15) is 0 Å². The summed E-state index contributed by atoms with van der Waals surface area (Å²) in [6.45, 7) is 0. The van der Waals surface area contributed by atoms with E-state index < -0.39 is 5.97 Å². The molecular weight excluding hydrogens is 162 g/mol. The Balaban J connectivity index is 0.000000354. The Labute approximate surface area is 68.1 Å². The van der Waals surface area contributed by atoms with Crippen LogP contribution in [0.2, 0.25) is 0 Å². The van der Waals surface area contributed by atoms with Crippen molar-refractivity contribution in [2.24, 2.45) is 5.73 Å². The summed E-state index contributed by atoms with van der Waals surface area (Å²) in [5.41, 5.74) is 4.14. The zero-order valence-corrected chi connectivity index (χ0v) is 6.04. The lowest BCUT2D eigenvalue weighted by molar-refractivity contribution is -0.106. The number of aromatic carboxylic acids is 1. The second kappa shape index (κ2) is 5.78. The second-order valence-corrected chi connectivity index (χ2v) is 1.53. The summed E-state index contributed by atoms with van der Waals surface area (Å²) in [6.07, 6.45) is 4.21. The fourth-order valence-electron chi connectivity index (χ4n) is 0.410. The first kappa shape index (κ1) is 10.0. The highest BCUT2D eigenvalue weighted by Gasteiger charge is 2.00. The van der Waals surface area contributed by atoms with Gasteiger partial charge in [-0.1, -0.05) is 0 Å². The Bertz CT molecular complexity index is 249. The molecule has 1 heterocycles. The van der Waals surface area contributed by atoms with E-state index >= 15 is 0 Å². The maximum absolute atomic E-state index is 10.1. The van der Waals surface area contributed by atoms with Crippen LogP contribution in [-0.2, 0) is 4.79 Å². The highest BCUT2D eigenvalue weighted by Crippen LogP contribution is 1.86. The first-order valence-corrected chi connectivity index (χ1v) is 2.87. The Hall–Kier alpha value is -1.98. The van der Waals surface area contributed by atoms with E-state index in [0.29, 0.717) is 0 Å². The van der Waals surface area contributed by atoms with Gasteiger partial charge in [-0.25, -0.2) is 9.78 Å². The third-order valence-electron chi connectivity index (χ3n) is 0.782. The number of amides is 1. The number of aromatic nitrogens is 2. The number of rotatable bonds is 1. The highest BCUT2D eigenvalue weighted by molar-refractivity contribution is 5.84. The topological polar surface area (TPSA) is 106 Å². The first-order chi connectivity index (χ1) is 5.72. The van der Waals surface area contributed by atoms with Crippen LogP contribution >= 0.6 is 0 Å². The molecular formula is C6H7N3O3. The van der Waals surface area contributed by atoms with E-state index in [-0.39, 0.29) is 12.1 Å². The molecule has 6 nitrogen and oxygen atoms in total. The van der Waals surface area contributed by atoms with Gasteiger partial charge in [0, 0.05) is 12.4 Å². The van der Waals surface area contributed by atoms with Gasteiger partial charge in [0.05, 0.1) is 6.20 Å². The lowest BCUT2D eigenvalue weighted by Gasteiger charge is -1.86. The van der Waals surface area contributed by atoms with Gasteiger partial charge >= 0.3 is 5.97 Å². The van der Waals surface area contributed by atoms with Gasteiger partial charge < -0.3 is 10.8 Å². The van der Waals surface area contributed by atoms with E-state index in [1.54, 1.807) is 0 Å². The minimum Gasteiger partial charge on any atom is -0.476 e. The summed E-state index contributed by atoms with van der Waals surface area (Å²) in [5, 5.41) is 8.28. The standard InChI is InChI=1S/C5H4N2O2.CH3NO/c8-5(9)4-3-6-1-2-7-4;2-1-3/h1-3H,(H,8,9);1H,(H2,2,3). The maximum Gasteiger partial charge on any atom is 0.356 e. The molecule has 1 amide bonds. The average molecular weight is 169 g/mol. The predicted molar refractivity (Wildman–Crippen MR) is 39.2 cm³/mol. The van der Waals surface area contributed by atoms with Crippen molar-refractivity contribution in [1.29, 1.82) is 0 Å². The zero-order valence-electron chi connectivity index (χ0n) is 6.04. The molecule has 1 aromatic rings. The Kier molecular flexibility index (Phi) is 4.83. The van der Waals surface area contributed by atoms with Crippen molar-refractivity contribution < 1.29 is 14.7 Å². The number of carbonyl (C=O) groups excluding carboxylic acids is 1. The average Bonchev–Trinajstić information content (AvgIpc) is 2.07. The SMILES string of the molecule is NC=O.O=C(O)c1cnccn1. The lowest BCUT2D eigenvalue weighted by Crippen LogP contribution is -1.99. The molecule has 64 valence electrons. The zero-order chi connectivity index (χ0) is 9.40. The predicted octanol–water partition coefficient (Wildman–Crippen LogP) is -0.724. The molecule has 0 saturated heterocycles. The third kappa shape index (κ3) is 3.94. The van der Waals surface area contributed by atoms with Crippen molar-refractivity contribution in [3.8, 4) is 0 Å². The van der Waals surface area contributed by atoms with Crippen LogP contribution in [-0.4, -0.2) is 27.5 Å². The molecule has 6 heteroatoms. The third-order valence-corrected chi connectivity index (χ3v) is 0.782. The second-order valence-electron chi connectivity index (χ2n) is 1.53. The molecule has 0 saturated carbocycles. The normalized spacial score (nSPS) is 7.67. The molecule has 0 aromatic carbocycles. The molecule has 0 radical (unpaired) electrons. The molecule has 1 aromatic heterocycles. The molecule has 1 rings (SSSR count). The highest BCUT2D eigenvalue weighted by atomic mass is 16.4. The fourth-order valence-corrected chi connectivity index (χ4v) is 0.410. The van der Waals surface area contributed by atoms with E-state index in [9.17, 15) is 4.79 Å². The summed E-state index contributed by atoms with van der Waals surface area (Å²) in [5.74, 6) is -1.05. The van der Waals surface area contributed by atoms with Crippen molar-refractivity contribution in [2.45, 2.75) is 0 Å². The van der Waals surface area contributed by atoms with Crippen LogP contribution in [0.4, 0.5) is 0 Å². The minimum atomic E-state index is -1.05. The van der Waals surface area contributed by atoms with Gasteiger partial charge in [0.15, 0.2) is 5.69 Å². The van der Waals surface area contributed by atoms with Crippen molar-refractivity contribution >= 4 is 12.4 Å². The monoisotopic (exact) mass is 169 g/mol. The summed E-state index contributed by atoms with van der Waals surface area (Å²) in [4.78, 5) is 25.8. The number of carbonyl (C=O) groups is 2. The van der Waals surface area contributed by atoms with Gasteiger partial charge in [-0.05, 0) is 0 Å². The molecule has 0 aliphatic heterocycles. The molecule has 0 aliphatic rings. The van der Waals surface area contributed by atoms with E-state index in [1.807, 2.05) is 0 Å². The van der Waals surface area contributed by atoms with Crippen LogP contribution in [0.15, 0.2) is 18.6 Å². The molecule has 0 unspecified atom stereocenters. The van der Waals surface area contributed by atoms with Crippen LogP contribution < -0.4 is 5.73 Å². The number of nitrogens with two attached hydrogens (primary N) is 1. The minimum absolute atomic E-state index is 0.0301. The maximum atomic E-state index is 10.1. The Morgan fingerprint density at radius 1 is 1.58 bits per heavy atom. The summed E-state index contributed by atoms with van der Waals surface area (Å²) in [7, 11) is 0. The van der Waals surface area contributed by atoms with Crippen LogP contribution in [0.25, 0.3) is 0 Å². The number of hydrogen-bond donors (Lipinski definition) is 2. The summed E-state index contributed by atoms with van der Waals surface area (Å²) >= 11 is 0. The Morgan fingerprint density at radius 2 is 2.17 bits per heavy atom. The van der Waals surface area contributed by atoms with Gasteiger partial charge in [-0.2, -0.15) is 0 Å². The Morgan fingerprint density at radius 3 is 2.42 bits per heavy atom. The van der Waals surface area contributed by atoms with E-state index in [0.717, 1.165) is 0 Å². The quantitative estimate of drug-likeness (QED) is 0.539. The molecule has 0 atom stereocenters. The number of carboxylic acids is 1. The van der Waals surface area contributed by atoms with Crippen molar-refractivity contribution in [3.05, 3.63) is 24.3 Å². The van der Waals surface area contributed by atoms with Crippen LogP contribution in [0.3, 0.4) is 0 Å². The number of primary amides is 1. The van der Waals surface area contributed by atoms with Gasteiger partial charge in [-0.3, -0.25) is 9.78 Å². The number of nitrogens with zero attached hydrogens (tertiary/aromatic N) is 2. The molecule has 3 N–H and O–H groups in total. The molecule has 0 spiro atoms. The van der Waals surface area contributed by atoms with E-state index in [2.05, 4.69) is 15.7 Å². The fraction of sp³-hybridized carbons (Fsp3) is 0. The van der Waals surface area contributed by atoms with Gasteiger partial charge in [0.25, 0.3) is 0 Å². The molecule has 0 aliphatic carbocycles. The molecule has 0 bridgehead atoms. The van der Waals surface area contributed by atoms with Crippen LogP contribution in [0.5, 0.6) is 0 Å². The van der Waals surface area contributed by atoms with Crippen molar-refractivity contribution in [1.82, 2.24) is 9.97 Å². The van der Waals surface area contributed by atoms with E-state index in [4.69, 9.17) is 9.90 Å². The molecule has 0 fully saturated rings. The number of carboxylic acid groups (broad SMARTS) is 1. The van der Waals surface area contributed by atoms with Gasteiger partial charge in [0.2, 0.25) is 6.41 Å². The van der Waals surface area contributed by atoms with Crippen molar-refractivity contribution in [3.63, 3.8) is 0 Å².